The van der Waals surface area contributed by atoms with E-state index in [4.69, 9.17) is 11.6 Å². The molecule has 1 fully saturated rings. The minimum atomic E-state index is -2.87. The Labute approximate surface area is 111 Å². The van der Waals surface area contributed by atoms with E-state index in [0.717, 1.165) is 24.6 Å². The second kappa shape index (κ2) is 4.28. The maximum atomic E-state index is 11.6. The minimum Gasteiger partial charge on any atom is -0.380 e. The van der Waals surface area contributed by atoms with Crippen molar-refractivity contribution in [2.75, 3.05) is 34.8 Å². The summed E-state index contributed by atoms with van der Waals surface area (Å²) < 4.78 is 23.1. The third-order valence-electron chi connectivity index (χ3n) is 3.42. The van der Waals surface area contributed by atoms with Crippen LogP contribution in [0.5, 0.6) is 0 Å². The smallest absolute Gasteiger partial charge is 0.152 e. The van der Waals surface area contributed by atoms with Crippen LogP contribution in [0.3, 0.4) is 0 Å². The topological polar surface area (TPSA) is 62.3 Å². The van der Waals surface area contributed by atoms with E-state index < -0.39 is 9.84 Å². The van der Waals surface area contributed by atoms with Gasteiger partial charge in [-0.1, -0.05) is 11.6 Å². The third kappa shape index (κ3) is 2.14. The Morgan fingerprint density at radius 2 is 2.33 bits per heavy atom. The fraction of sp³-hybridized carbons (Fsp3) is 0.545. The molecular weight excluding hydrogens is 274 g/mol. The average Bonchev–Trinajstić information content (AvgIpc) is 2.68. The quantitative estimate of drug-likeness (QED) is 0.840. The standard InChI is InChI=1S/C11H14ClN3O2S/c12-8-5-10-11(14-6-8)15(3-2-13-10)9-1-4-18(16,17)7-9/h5-6,9,13H,1-4,7H2. The van der Waals surface area contributed by atoms with Gasteiger partial charge in [-0.2, -0.15) is 0 Å². The van der Waals surface area contributed by atoms with Crippen molar-refractivity contribution in [3.8, 4) is 0 Å². The maximum Gasteiger partial charge on any atom is 0.152 e. The summed E-state index contributed by atoms with van der Waals surface area (Å²) in [5.41, 5.74) is 0.887. The van der Waals surface area contributed by atoms with Crippen LogP contribution in [0.1, 0.15) is 6.42 Å². The molecule has 0 amide bonds. The fourth-order valence-electron chi connectivity index (χ4n) is 2.58. The molecule has 2 aliphatic heterocycles. The van der Waals surface area contributed by atoms with E-state index in [1.54, 1.807) is 6.20 Å². The number of pyridine rings is 1. The molecule has 18 heavy (non-hydrogen) atoms. The zero-order valence-corrected chi connectivity index (χ0v) is 11.3. The molecule has 1 aromatic heterocycles. The van der Waals surface area contributed by atoms with Gasteiger partial charge in [0.2, 0.25) is 0 Å². The van der Waals surface area contributed by atoms with Crippen LogP contribution in [0.2, 0.25) is 5.02 Å². The van der Waals surface area contributed by atoms with Gasteiger partial charge in [-0.3, -0.25) is 0 Å². The molecule has 0 spiro atoms. The predicted molar refractivity (Wildman–Crippen MR) is 72.1 cm³/mol. The number of sulfone groups is 1. The second-order valence-corrected chi connectivity index (χ2v) is 7.37. The van der Waals surface area contributed by atoms with E-state index in [-0.39, 0.29) is 17.5 Å². The minimum absolute atomic E-state index is 0.0459. The summed E-state index contributed by atoms with van der Waals surface area (Å²) >= 11 is 5.91. The molecule has 7 heteroatoms. The van der Waals surface area contributed by atoms with Crippen molar-refractivity contribution in [1.29, 1.82) is 0 Å². The highest BCUT2D eigenvalue weighted by atomic mass is 35.5. The van der Waals surface area contributed by atoms with E-state index in [2.05, 4.69) is 15.2 Å². The van der Waals surface area contributed by atoms with Crippen LogP contribution in [0, 0.1) is 0 Å². The van der Waals surface area contributed by atoms with Gasteiger partial charge in [-0.15, -0.1) is 0 Å². The molecule has 0 aromatic carbocycles. The summed E-state index contributed by atoms with van der Waals surface area (Å²) in [4.78, 5) is 6.42. The van der Waals surface area contributed by atoms with E-state index in [0.29, 0.717) is 11.4 Å². The maximum absolute atomic E-state index is 11.6. The number of fused-ring (bicyclic) bond motifs is 1. The van der Waals surface area contributed by atoms with Gasteiger partial charge >= 0.3 is 0 Å². The lowest BCUT2D eigenvalue weighted by Crippen LogP contribution is -2.43. The van der Waals surface area contributed by atoms with Gasteiger partial charge < -0.3 is 10.2 Å². The van der Waals surface area contributed by atoms with Crippen molar-refractivity contribution in [2.24, 2.45) is 0 Å². The van der Waals surface area contributed by atoms with Crippen molar-refractivity contribution >= 4 is 32.9 Å². The van der Waals surface area contributed by atoms with Crippen molar-refractivity contribution in [3.05, 3.63) is 17.3 Å². The molecule has 0 radical (unpaired) electrons. The van der Waals surface area contributed by atoms with Gasteiger partial charge in [0.1, 0.15) is 0 Å². The Bertz CT molecular complexity index is 576. The molecule has 1 atom stereocenters. The largest absolute Gasteiger partial charge is 0.380 e. The lowest BCUT2D eigenvalue weighted by Gasteiger charge is -2.34. The van der Waals surface area contributed by atoms with E-state index in [1.807, 2.05) is 6.07 Å². The van der Waals surface area contributed by atoms with Crippen LogP contribution in [0.25, 0.3) is 0 Å². The van der Waals surface area contributed by atoms with Gasteiger partial charge in [0.15, 0.2) is 15.7 Å². The molecule has 98 valence electrons. The van der Waals surface area contributed by atoms with Crippen molar-refractivity contribution in [3.63, 3.8) is 0 Å². The summed E-state index contributed by atoms with van der Waals surface area (Å²) in [5, 5.41) is 3.82. The van der Waals surface area contributed by atoms with Crippen LogP contribution < -0.4 is 10.2 Å². The Hall–Kier alpha value is -1.01. The molecule has 0 saturated carbocycles. The highest BCUT2D eigenvalue weighted by Gasteiger charge is 2.34. The number of aromatic nitrogens is 1. The summed E-state index contributed by atoms with van der Waals surface area (Å²) in [6.07, 6.45) is 2.29. The second-order valence-electron chi connectivity index (χ2n) is 4.70. The van der Waals surface area contributed by atoms with Gasteiger partial charge in [0.05, 0.1) is 22.2 Å². The zero-order chi connectivity index (χ0) is 12.8. The van der Waals surface area contributed by atoms with Crippen molar-refractivity contribution in [1.82, 2.24) is 4.98 Å². The van der Waals surface area contributed by atoms with Gasteiger partial charge in [-0.05, 0) is 12.5 Å². The molecule has 1 N–H and O–H groups in total. The molecule has 3 heterocycles. The Kier molecular flexibility index (Phi) is 2.86. The molecule has 1 unspecified atom stereocenters. The summed E-state index contributed by atoms with van der Waals surface area (Å²) in [5.74, 6) is 1.33. The van der Waals surface area contributed by atoms with Crippen LogP contribution in [-0.4, -0.2) is 44.0 Å². The van der Waals surface area contributed by atoms with Gasteiger partial charge in [0.25, 0.3) is 0 Å². The Morgan fingerprint density at radius 1 is 1.50 bits per heavy atom. The molecule has 1 aromatic rings. The lowest BCUT2D eigenvalue weighted by molar-refractivity contribution is 0.598. The number of rotatable bonds is 1. The summed E-state index contributed by atoms with van der Waals surface area (Å²) in [6.45, 7) is 1.56. The first-order valence-electron chi connectivity index (χ1n) is 5.92. The van der Waals surface area contributed by atoms with Crippen LogP contribution in [0.4, 0.5) is 11.5 Å². The number of hydrogen-bond acceptors (Lipinski definition) is 5. The number of nitrogens with zero attached hydrogens (tertiary/aromatic N) is 2. The van der Waals surface area contributed by atoms with Gasteiger partial charge in [0, 0.05) is 25.3 Å². The number of hydrogen-bond donors (Lipinski definition) is 1. The SMILES string of the molecule is O=S1(=O)CCC(N2CCNc3cc(Cl)cnc32)C1. The van der Waals surface area contributed by atoms with Crippen LogP contribution >= 0.6 is 11.6 Å². The molecule has 5 nitrogen and oxygen atoms in total. The first-order valence-corrected chi connectivity index (χ1v) is 8.11. The van der Waals surface area contributed by atoms with Crippen molar-refractivity contribution in [2.45, 2.75) is 12.5 Å². The Balaban J connectivity index is 1.92. The van der Waals surface area contributed by atoms with Crippen molar-refractivity contribution < 1.29 is 8.42 Å². The average molecular weight is 288 g/mol. The number of halogens is 1. The van der Waals surface area contributed by atoms with Crippen LogP contribution in [-0.2, 0) is 9.84 Å². The Morgan fingerprint density at radius 3 is 3.06 bits per heavy atom. The highest BCUT2D eigenvalue weighted by Crippen LogP contribution is 2.32. The van der Waals surface area contributed by atoms with E-state index in [1.165, 1.54) is 0 Å². The fourth-order valence-corrected chi connectivity index (χ4v) is 4.47. The molecule has 0 bridgehead atoms. The number of nitrogens with one attached hydrogen (secondary N) is 1. The molecule has 2 aliphatic rings. The first kappa shape index (κ1) is 12.0. The molecule has 3 rings (SSSR count). The molecule has 1 saturated heterocycles. The number of anilines is 2. The predicted octanol–water partition coefficient (Wildman–Crippen LogP) is 1.15. The highest BCUT2D eigenvalue weighted by molar-refractivity contribution is 7.91. The van der Waals surface area contributed by atoms with E-state index in [9.17, 15) is 8.42 Å². The van der Waals surface area contributed by atoms with Crippen LogP contribution in [0.15, 0.2) is 12.3 Å². The monoisotopic (exact) mass is 287 g/mol. The third-order valence-corrected chi connectivity index (χ3v) is 5.38. The molecule has 0 aliphatic carbocycles. The zero-order valence-electron chi connectivity index (χ0n) is 9.76. The normalized spacial score (nSPS) is 25.6. The first-order chi connectivity index (χ1) is 8.55. The molecular formula is C11H14ClN3O2S. The summed E-state index contributed by atoms with van der Waals surface area (Å²) in [6, 6.07) is 1.88. The van der Waals surface area contributed by atoms with Gasteiger partial charge in [-0.25, -0.2) is 13.4 Å². The van der Waals surface area contributed by atoms with E-state index >= 15 is 0 Å². The lowest BCUT2D eigenvalue weighted by atomic mass is 10.2. The summed E-state index contributed by atoms with van der Waals surface area (Å²) in [7, 11) is -2.87.